The molecular formula is C27H21NO2. The number of fused-ring (bicyclic) bond motifs is 6. The van der Waals surface area contributed by atoms with Crippen molar-refractivity contribution >= 4 is 43.7 Å². The van der Waals surface area contributed by atoms with Crippen LogP contribution in [0.15, 0.2) is 82.0 Å². The van der Waals surface area contributed by atoms with E-state index in [9.17, 15) is 0 Å². The van der Waals surface area contributed by atoms with Gasteiger partial charge in [-0.2, -0.15) is 0 Å². The maximum Gasteiger partial charge on any atom is 0.161 e. The topological polar surface area (TPSA) is 39.2 Å². The number of furan rings is 2. The fourth-order valence-corrected chi connectivity index (χ4v) is 4.48. The first-order valence-corrected chi connectivity index (χ1v) is 10.2. The first-order chi connectivity index (χ1) is 14.5. The van der Waals surface area contributed by atoms with Crippen LogP contribution in [-0.2, 0) is 5.41 Å². The van der Waals surface area contributed by atoms with Crippen LogP contribution < -0.4 is 0 Å². The van der Waals surface area contributed by atoms with Crippen molar-refractivity contribution in [1.82, 2.24) is 4.98 Å². The van der Waals surface area contributed by atoms with E-state index in [0.29, 0.717) is 0 Å². The molecule has 3 heterocycles. The summed E-state index contributed by atoms with van der Waals surface area (Å²) in [6, 6.07) is 21.1. The van der Waals surface area contributed by atoms with Gasteiger partial charge in [-0.05, 0) is 58.1 Å². The quantitative estimate of drug-likeness (QED) is 0.286. The molecule has 30 heavy (non-hydrogen) atoms. The van der Waals surface area contributed by atoms with Gasteiger partial charge in [-0.25, -0.2) is 0 Å². The monoisotopic (exact) mass is 391 g/mol. The molecule has 0 fully saturated rings. The lowest BCUT2D eigenvalue weighted by Crippen LogP contribution is -2.12. The molecule has 0 bridgehead atoms. The molecule has 0 amide bonds. The molecule has 0 saturated carbocycles. The largest absolute Gasteiger partial charge is 0.464 e. The van der Waals surface area contributed by atoms with Gasteiger partial charge in [0.25, 0.3) is 0 Å². The van der Waals surface area contributed by atoms with E-state index >= 15 is 0 Å². The summed E-state index contributed by atoms with van der Waals surface area (Å²) in [7, 11) is 0. The predicted octanol–water partition coefficient (Wildman–Crippen LogP) is 7.84. The minimum Gasteiger partial charge on any atom is -0.464 e. The van der Waals surface area contributed by atoms with E-state index in [4.69, 9.17) is 13.8 Å². The smallest absolute Gasteiger partial charge is 0.161 e. The molecule has 146 valence electrons. The Hall–Kier alpha value is -3.59. The maximum atomic E-state index is 6.42. The second kappa shape index (κ2) is 5.96. The fraction of sp³-hybridized carbons (Fsp3) is 0.148. The van der Waals surface area contributed by atoms with Crippen LogP contribution >= 0.6 is 0 Å². The number of hydrogen-bond donors (Lipinski definition) is 0. The number of benzene rings is 3. The SMILES string of the molecule is CC(C)(C)c1cc(-c2nccc3c2oc2c4ccoc4ccc32)cc2ccccc12. The highest BCUT2D eigenvalue weighted by Crippen LogP contribution is 2.40. The Morgan fingerprint density at radius 3 is 2.47 bits per heavy atom. The molecule has 0 aliphatic carbocycles. The van der Waals surface area contributed by atoms with Crippen LogP contribution in [0.2, 0.25) is 0 Å². The average molecular weight is 391 g/mol. The molecule has 3 aromatic carbocycles. The Bertz CT molecular complexity index is 1580. The lowest BCUT2D eigenvalue weighted by atomic mass is 9.82. The minimum atomic E-state index is 0.0142. The molecule has 3 nitrogen and oxygen atoms in total. The van der Waals surface area contributed by atoms with Gasteiger partial charge < -0.3 is 8.83 Å². The molecule has 0 atom stereocenters. The summed E-state index contributed by atoms with van der Waals surface area (Å²) in [5, 5.41) is 5.64. The first-order valence-electron chi connectivity index (χ1n) is 10.2. The van der Waals surface area contributed by atoms with Crippen molar-refractivity contribution < 1.29 is 8.83 Å². The van der Waals surface area contributed by atoms with Crippen LogP contribution in [0.1, 0.15) is 26.3 Å². The Balaban J connectivity index is 1.71. The maximum absolute atomic E-state index is 6.42. The van der Waals surface area contributed by atoms with Gasteiger partial charge in [-0.3, -0.25) is 4.98 Å². The molecule has 0 unspecified atom stereocenters. The number of nitrogens with zero attached hydrogens (tertiary/aromatic N) is 1. The van der Waals surface area contributed by atoms with Crippen LogP contribution in [0.4, 0.5) is 0 Å². The molecule has 0 aliphatic rings. The number of pyridine rings is 1. The summed E-state index contributed by atoms with van der Waals surface area (Å²) in [6.07, 6.45) is 3.58. The first kappa shape index (κ1) is 17.3. The molecule has 6 rings (SSSR count). The van der Waals surface area contributed by atoms with Gasteiger partial charge in [0.05, 0.1) is 11.6 Å². The van der Waals surface area contributed by atoms with Crippen LogP contribution in [0.3, 0.4) is 0 Å². The van der Waals surface area contributed by atoms with Gasteiger partial charge in [-0.1, -0.05) is 45.0 Å². The molecular weight excluding hydrogens is 370 g/mol. The zero-order valence-corrected chi connectivity index (χ0v) is 17.2. The van der Waals surface area contributed by atoms with Crippen molar-refractivity contribution in [3.8, 4) is 11.3 Å². The molecule has 6 aromatic rings. The van der Waals surface area contributed by atoms with Crippen molar-refractivity contribution in [3.05, 3.63) is 78.7 Å². The van der Waals surface area contributed by atoms with Gasteiger partial charge in [0.2, 0.25) is 0 Å². The van der Waals surface area contributed by atoms with Gasteiger partial charge in [0.1, 0.15) is 16.9 Å². The summed E-state index contributed by atoms with van der Waals surface area (Å²) in [5.41, 5.74) is 5.77. The highest BCUT2D eigenvalue weighted by molar-refractivity contribution is 6.16. The summed E-state index contributed by atoms with van der Waals surface area (Å²) < 4.78 is 12.0. The summed E-state index contributed by atoms with van der Waals surface area (Å²) in [5.74, 6) is 0. The van der Waals surface area contributed by atoms with Crippen molar-refractivity contribution in [1.29, 1.82) is 0 Å². The molecule has 3 aromatic heterocycles. The Labute approximate surface area is 173 Å². The van der Waals surface area contributed by atoms with E-state index in [1.165, 1.54) is 16.3 Å². The molecule has 0 N–H and O–H groups in total. The average Bonchev–Trinajstić information content (AvgIpc) is 3.36. The third kappa shape index (κ3) is 2.42. The van der Waals surface area contributed by atoms with Gasteiger partial charge in [0, 0.05) is 22.5 Å². The third-order valence-corrected chi connectivity index (χ3v) is 5.93. The highest BCUT2D eigenvalue weighted by atomic mass is 16.3. The summed E-state index contributed by atoms with van der Waals surface area (Å²) in [4.78, 5) is 4.75. The lowest BCUT2D eigenvalue weighted by molar-refractivity contribution is 0.596. The second-order valence-electron chi connectivity index (χ2n) is 8.91. The minimum absolute atomic E-state index is 0.0142. The van der Waals surface area contributed by atoms with Crippen LogP contribution in [-0.4, -0.2) is 4.98 Å². The van der Waals surface area contributed by atoms with E-state index in [2.05, 4.69) is 63.2 Å². The van der Waals surface area contributed by atoms with Crippen molar-refractivity contribution in [2.45, 2.75) is 26.2 Å². The van der Waals surface area contributed by atoms with Crippen molar-refractivity contribution in [2.24, 2.45) is 0 Å². The fourth-order valence-electron chi connectivity index (χ4n) is 4.48. The van der Waals surface area contributed by atoms with Crippen LogP contribution in [0.25, 0.3) is 54.9 Å². The van der Waals surface area contributed by atoms with E-state index in [1.807, 2.05) is 24.4 Å². The summed E-state index contributed by atoms with van der Waals surface area (Å²) >= 11 is 0. The van der Waals surface area contributed by atoms with Crippen LogP contribution in [0.5, 0.6) is 0 Å². The van der Waals surface area contributed by atoms with E-state index in [0.717, 1.165) is 44.2 Å². The van der Waals surface area contributed by atoms with Gasteiger partial charge >= 0.3 is 0 Å². The van der Waals surface area contributed by atoms with Crippen molar-refractivity contribution in [3.63, 3.8) is 0 Å². The number of aromatic nitrogens is 1. The number of hydrogen-bond acceptors (Lipinski definition) is 3. The van der Waals surface area contributed by atoms with E-state index < -0.39 is 0 Å². The Morgan fingerprint density at radius 1 is 0.767 bits per heavy atom. The van der Waals surface area contributed by atoms with Gasteiger partial charge in [0.15, 0.2) is 5.58 Å². The normalized spacial score (nSPS) is 12.5. The Kier molecular flexibility index (Phi) is 3.43. The molecule has 0 saturated heterocycles. The second-order valence-corrected chi connectivity index (χ2v) is 8.91. The highest BCUT2D eigenvalue weighted by Gasteiger charge is 2.21. The lowest BCUT2D eigenvalue weighted by Gasteiger charge is -2.22. The standard InChI is InChI=1S/C27H21NO2/c1-27(2,3)22-15-17(14-16-6-4-5-7-18(16)22)24-26-20(10-12-28-24)19-8-9-23-21(11-13-29-23)25(19)30-26/h4-15H,1-3H3. The Morgan fingerprint density at radius 2 is 1.60 bits per heavy atom. The zero-order valence-electron chi connectivity index (χ0n) is 17.2. The molecule has 0 spiro atoms. The predicted molar refractivity (Wildman–Crippen MR) is 123 cm³/mol. The van der Waals surface area contributed by atoms with Crippen LogP contribution in [0, 0.1) is 0 Å². The zero-order chi connectivity index (χ0) is 20.5. The van der Waals surface area contributed by atoms with Crippen molar-refractivity contribution in [2.75, 3.05) is 0 Å². The third-order valence-electron chi connectivity index (χ3n) is 5.93. The molecule has 0 aliphatic heterocycles. The summed E-state index contributed by atoms with van der Waals surface area (Å²) in [6.45, 7) is 6.76. The van der Waals surface area contributed by atoms with E-state index in [-0.39, 0.29) is 5.41 Å². The van der Waals surface area contributed by atoms with Gasteiger partial charge in [-0.15, -0.1) is 0 Å². The van der Waals surface area contributed by atoms with E-state index in [1.54, 1.807) is 6.26 Å². The number of rotatable bonds is 1. The molecule has 0 radical (unpaired) electrons. The molecule has 3 heteroatoms.